The molecule has 0 radical (unpaired) electrons. The number of aryl methyl sites for hydroxylation is 1. The van der Waals surface area contributed by atoms with Crippen molar-refractivity contribution in [3.8, 4) is 0 Å². The Morgan fingerprint density at radius 1 is 1.33 bits per heavy atom. The first-order valence-electron chi connectivity index (χ1n) is 8.33. The van der Waals surface area contributed by atoms with Gasteiger partial charge in [-0.25, -0.2) is 4.98 Å². The Kier molecular flexibility index (Phi) is 5.25. The van der Waals surface area contributed by atoms with Gasteiger partial charge in [-0.2, -0.15) is 0 Å². The average molecular weight is 326 g/mol. The standard InChI is InChI=1S/C18H22N4O2/c1-13-11-17(22-24-13)21-15-7-8-16(20-12-15)18(23)19-10-9-14-5-3-2-4-6-14/h5,7-8,11-12H,2-4,6,9-10H2,1H3,(H,19,23)(H,21,22). The van der Waals surface area contributed by atoms with E-state index in [9.17, 15) is 4.79 Å². The molecule has 0 bridgehead atoms. The first kappa shape index (κ1) is 16.2. The van der Waals surface area contributed by atoms with Crippen molar-refractivity contribution in [2.45, 2.75) is 39.0 Å². The van der Waals surface area contributed by atoms with Crippen LogP contribution in [0.15, 0.2) is 40.6 Å². The molecule has 6 nitrogen and oxygen atoms in total. The van der Waals surface area contributed by atoms with Gasteiger partial charge in [0.2, 0.25) is 0 Å². The van der Waals surface area contributed by atoms with Crippen LogP contribution in [0.25, 0.3) is 0 Å². The molecule has 2 aromatic rings. The van der Waals surface area contributed by atoms with E-state index in [1.165, 1.54) is 24.8 Å². The molecule has 24 heavy (non-hydrogen) atoms. The van der Waals surface area contributed by atoms with Crippen molar-refractivity contribution in [3.05, 3.63) is 47.5 Å². The summed E-state index contributed by atoms with van der Waals surface area (Å²) in [6.07, 6.45) is 9.73. The summed E-state index contributed by atoms with van der Waals surface area (Å²) in [6.45, 7) is 2.48. The number of pyridine rings is 1. The Morgan fingerprint density at radius 2 is 2.25 bits per heavy atom. The number of amides is 1. The van der Waals surface area contributed by atoms with E-state index in [4.69, 9.17) is 4.52 Å². The van der Waals surface area contributed by atoms with E-state index in [0.717, 1.165) is 24.3 Å². The lowest BCUT2D eigenvalue weighted by atomic mass is 9.97. The molecular formula is C18H22N4O2. The first-order chi connectivity index (χ1) is 11.7. The van der Waals surface area contributed by atoms with Gasteiger partial charge in [0.1, 0.15) is 11.5 Å². The molecule has 1 aliphatic rings. The SMILES string of the molecule is Cc1cc(Nc2ccc(C(=O)NCCC3=CCCCC3)nc2)no1. The van der Waals surface area contributed by atoms with Crippen LogP contribution >= 0.6 is 0 Å². The Morgan fingerprint density at radius 3 is 2.92 bits per heavy atom. The molecule has 6 heteroatoms. The maximum Gasteiger partial charge on any atom is 0.269 e. The van der Waals surface area contributed by atoms with Crippen molar-refractivity contribution in [1.82, 2.24) is 15.5 Å². The second kappa shape index (κ2) is 7.77. The van der Waals surface area contributed by atoms with Crippen molar-refractivity contribution in [2.75, 3.05) is 11.9 Å². The highest BCUT2D eigenvalue weighted by Gasteiger charge is 2.09. The molecule has 0 aromatic carbocycles. The number of allylic oxidation sites excluding steroid dienone is 1. The summed E-state index contributed by atoms with van der Waals surface area (Å²) in [7, 11) is 0. The smallest absolute Gasteiger partial charge is 0.269 e. The van der Waals surface area contributed by atoms with Crippen LogP contribution in [0.4, 0.5) is 11.5 Å². The molecule has 0 atom stereocenters. The van der Waals surface area contributed by atoms with Crippen molar-refractivity contribution >= 4 is 17.4 Å². The van der Waals surface area contributed by atoms with Crippen molar-refractivity contribution in [3.63, 3.8) is 0 Å². The van der Waals surface area contributed by atoms with Gasteiger partial charge < -0.3 is 15.2 Å². The van der Waals surface area contributed by atoms with Crippen LogP contribution in [0, 0.1) is 6.92 Å². The average Bonchev–Trinajstić information content (AvgIpc) is 3.01. The molecule has 3 rings (SSSR count). The van der Waals surface area contributed by atoms with Crippen molar-refractivity contribution in [2.24, 2.45) is 0 Å². The van der Waals surface area contributed by atoms with E-state index in [2.05, 4.69) is 26.9 Å². The summed E-state index contributed by atoms with van der Waals surface area (Å²) in [5.74, 6) is 1.21. The lowest BCUT2D eigenvalue weighted by Crippen LogP contribution is -2.25. The zero-order valence-electron chi connectivity index (χ0n) is 13.8. The van der Waals surface area contributed by atoms with Gasteiger partial charge >= 0.3 is 0 Å². The van der Waals surface area contributed by atoms with E-state index < -0.39 is 0 Å². The Labute approximate surface area is 141 Å². The molecule has 0 spiro atoms. The van der Waals surface area contributed by atoms with Gasteiger partial charge in [0.25, 0.3) is 5.91 Å². The molecule has 2 aromatic heterocycles. The highest BCUT2D eigenvalue weighted by molar-refractivity contribution is 5.92. The van der Waals surface area contributed by atoms with E-state index in [-0.39, 0.29) is 5.91 Å². The molecule has 2 heterocycles. The van der Waals surface area contributed by atoms with Crippen LogP contribution < -0.4 is 10.6 Å². The number of carbonyl (C=O) groups excluding carboxylic acids is 1. The summed E-state index contributed by atoms with van der Waals surface area (Å²) in [6, 6.07) is 5.29. The minimum absolute atomic E-state index is 0.143. The Bertz CT molecular complexity index is 719. The van der Waals surface area contributed by atoms with Crippen LogP contribution in [0.3, 0.4) is 0 Å². The number of rotatable bonds is 6. The highest BCUT2D eigenvalue weighted by atomic mass is 16.5. The van der Waals surface area contributed by atoms with Crippen LogP contribution in [0.1, 0.15) is 48.4 Å². The number of anilines is 2. The predicted molar refractivity (Wildman–Crippen MR) is 92.3 cm³/mol. The molecule has 0 aliphatic heterocycles. The largest absolute Gasteiger partial charge is 0.360 e. The minimum atomic E-state index is -0.143. The summed E-state index contributed by atoms with van der Waals surface area (Å²) < 4.78 is 4.99. The molecule has 0 saturated heterocycles. The third kappa shape index (κ3) is 4.44. The van der Waals surface area contributed by atoms with Crippen molar-refractivity contribution in [1.29, 1.82) is 0 Å². The molecule has 1 aliphatic carbocycles. The fourth-order valence-electron chi connectivity index (χ4n) is 2.73. The third-order valence-electron chi connectivity index (χ3n) is 4.01. The van der Waals surface area contributed by atoms with Crippen molar-refractivity contribution < 1.29 is 9.32 Å². The zero-order chi connectivity index (χ0) is 16.8. The molecule has 0 fully saturated rings. The van der Waals surface area contributed by atoms with E-state index in [1.807, 2.05) is 6.92 Å². The van der Waals surface area contributed by atoms with Crippen LogP contribution in [0.5, 0.6) is 0 Å². The Hall–Kier alpha value is -2.63. The molecule has 126 valence electrons. The fourth-order valence-corrected chi connectivity index (χ4v) is 2.73. The van der Waals surface area contributed by atoms with Gasteiger partial charge in [-0.3, -0.25) is 4.79 Å². The molecule has 1 amide bonds. The van der Waals surface area contributed by atoms with Gasteiger partial charge in [-0.15, -0.1) is 0 Å². The maximum atomic E-state index is 12.1. The molecule has 0 unspecified atom stereocenters. The predicted octanol–water partition coefficient (Wildman–Crippen LogP) is 3.74. The normalized spacial score (nSPS) is 14.1. The van der Waals surface area contributed by atoms with Gasteiger partial charge in [0.05, 0.1) is 11.9 Å². The van der Waals surface area contributed by atoms with E-state index >= 15 is 0 Å². The van der Waals surface area contributed by atoms with Crippen LogP contribution in [-0.2, 0) is 0 Å². The van der Waals surface area contributed by atoms with E-state index in [0.29, 0.717) is 18.1 Å². The summed E-state index contributed by atoms with van der Waals surface area (Å²) in [4.78, 5) is 16.3. The quantitative estimate of drug-likeness (QED) is 0.790. The molecular weight excluding hydrogens is 304 g/mol. The number of hydrogen-bond donors (Lipinski definition) is 2. The molecule has 2 N–H and O–H groups in total. The summed E-state index contributed by atoms with van der Waals surface area (Å²) in [5, 5.41) is 9.85. The number of nitrogens with zero attached hydrogens (tertiary/aromatic N) is 2. The van der Waals surface area contributed by atoms with Crippen LogP contribution in [0.2, 0.25) is 0 Å². The van der Waals surface area contributed by atoms with Crippen LogP contribution in [-0.4, -0.2) is 22.6 Å². The lowest BCUT2D eigenvalue weighted by molar-refractivity contribution is 0.0949. The highest BCUT2D eigenvalue weighted by Crippen LogP contribution is 2.19. The second-order valence-electron chi connectivity index (χ2n) is 5.99. The van der Waals surface area contributed by atoms with Gasteiger partial charge in [-0.05, 0) is 51.2 Å². The zero-order valence-corrected chi connectivity index (χ0v) is 13.8. The van der Waals surface area contributed by atoms with Gasteiger partial charge in [0.15, 0.2) is 5.82 Å². The number of carbonyl (C=O) groups is 1. The maximum absolute atomic E-state index is 12.1. The number of nitrogens with one attached hydrogen (secondary N) is 2. The summed E-state index contributed by atoms with van der Waals surface area (Å²) in [5.41, 5.74) is 2.62. The van der Waals surface area contributed by atoms with E-state index in [1.54, 1.807) is 24.4 Å². The first-order valence-corrected chi connectivity index (χ1v) is 8.33. The van der Waals surface area contributed by atoms with Gasteiger partial charge in [-0.1, -0.05) is 16.8 Å². The minimum Gasteiger partial charge on any atom is -0.360 e. The summed E-state index contributed by atoms with van der Waals surface area (Å²) >= 11 is 0. The monoisotopic (exact) mass is 326 g/mol. The second-order valence-corrected chi connectivity index (χ2v) is 5.99. The fraction of sp³-hybridized carbons (Fsp3) is 0.389. The number of hydrogen-bond acceptors (Lipinski definition) is 5. The number of aromatic nitrogens is 2. The Balaban J connectivity index is 1.49. The third-order valence-corrected chi connectivity index (χ3v) is 4.01. The lowest BCUT2D eigenvalue weighted by Gasteiger charge is -2.12. The topological polar surface area (TPSA) is 80.0 Å². The molecule has 0 saturated carbocycles. The van der Waals surface area contributed by atoms with Gasteiger partial charge in [0, 0.05) is 12.6 Å².